The minimum atomic E-state index is -0.157. The predicted octanol–water partition coefficient (Wildman–Crippen LogP) is 2.63. The molecular weight excluding hydrogens is 304 g/mol. The first-order valence-electron chi connectivity index (χ1n) is 8.72. The monoisotopic (exact) mass is 330 g/mol. The Labute approximate surface area is 142 Å². The van der Waals surface area contributed by atoms with Gasteiger partial charge in [-0.3, -0.25) is 4.79 Å². The molecule has 24 heavy (non-hydrogen) atoms. The van der Waals surface area contributed by atoms with Crippen molar-refractivity contribution in [2.24, 2.45) is 0 Å². The van der Waals surface area contributed by atoms with Crippen LogP contribution in [-0.4, -0.2) is 48.2 Å². The van der Waals surface area contributed by atoms with Crippen LogP contribution in [0.15, 0.2) is 22.6 Å². The lowest BCUT2D eigenvalue weighted by Gasteiger charge is -2.29. The third-order valence-corrected chi connectivity index (χ3v) is 4.85. The predicted molar refractivity (Wildman–Crippen MR) is 94.3 cm³/mol. The number of benzene rings is 1. The molecule has 5 heteroatoms. The van der Waals surface area contributed by atoms with Gasteiger partial charge in [-0.15, -0.1) is 0 Å². The van der Waals surface area contributed by atoms with Crippen LogP contribution in [-0.2, 0) is 0 Å². The van der Waals surface area contributed by atoms with Gasteiger partial charge < -0.3 is 19.7 Å². The smallest absolute Gasteiger partial charge is 0.287 e. The van der Waals surface area contributed by atoms with Gasteiger partial charge >= 0.3 is 0 Å². The molecule has 0 unspecified atom stereocenters. The number of likely N-dealkylation sites (tertiary alicyclic amines) is 1. The van der Waals surface area contributed by atoms with E-state index >= 15 is 0 Å². The quantitative estimate of drug-likeness (QED) is 0.827. The number of hydrogen-bond donors (Lipinski definition) is 2. The number of nitrogens with zero attached hydrogens (tertiary/aromatic N) is 1. The Hall–Kier alpha value is -1.85. The Balaban J connectivity index is 1.48. The van der Waals surface area contributed by atoms with Crippen molar-refractivity contribution >= 4 is 16.9 Å². The lowest BCUT2D eigenvalue weighted by Crippen LogP contribution is -2.37. The summed E-state index contributed by atoms with van der Waals surface area (Å²) >= 11 is 0. The zero-order chi connectivity index (χ0) is 17.1. The molecule has 130 valence electrons. The maximum atomic E-state index is 12.2. The van der Waals surface area contributed by atoms with E-state index in [2.05, 4.69) is 23.2 Å². The summed E-state index contributed by atoms with van der Waals surface area (Å²) < 4.78 is 5.67. The van der Waals surface area contributed by atoms with E-state index in [-0.39, 0.29) is 12.0 Å². The van der Waals surface area contributed by atoms with Crippen LogP contribution in [0.1, 0.15) is 40.9 Å². The minimum Gasteiger partial charge on any atom is -0.451 e. The molecule has 0 atom stereocenters. The number of aliphatic hydroxyl groups excluding tert-OH is 1. The van der Waals surface area contributed by atoms with Crippen molar-refractivity contribution < 1.29 is 14.3 Å². The number of fused-ring (bicyclic) bond motifs is 1. The molecule has 0 radical (unpaired) electrons. The largest absolute Gasteiger partial charge is 0.451 e. The van der Waals surface area contributed by atoms with Crippen LogP contribution in [0.5, 0.6) is 0 Å². The number of piperidine rings is 1. The van der Waals surface area contributed by atoms with E-state index in [1.165, 1.54) is 5.56 Å². The SMILES string of the molecule is Cc1cc2cc(C(=O)NCCCN3CCC(O)CC3)oc2cc1C. The number of rotatable bonds is 5. The fraction of sp³-hybridized carbons (Fsp3) is 0.526. The van der Waals surface area contributed by atoms with Crippen LogP contribution in [0.4, 0.5) is 0 Å². The molecule has 3 rings (SSSR count). The Morgan fingerprint density at radius 1 is 1.25 bits per heavy atom. The number of furan rings is 1. The average molecular weight is 330 g/mol. The van der Waals surface area contributed by atoms with Crippen LogP contribution in [0.25, 0.3) is 11.0 Å². The van der Waals surface area contributed by atoms with Gasteiger partial charge in [0, 0.05) is 25.0 Å². The number of aryl methyl sites for hydroxylation is 2. The summed E-state index contributed by atoms with van der Waals surface area (Å²) in [7, 11) is 0. The fourth-order valence-electron chi connectivity index (χ4n) is 3.15. The highest BCUT2D eigenvalue weighted by Crippen LogP contribution is 2.23. The second-order valence-corrected chi connectivity index (χ2v) is 6.77. The molecule has 1 aromatic carbocycles. The van der Waals surface area contributed by atoms with Crippen molar-refractivity contribution in [1.29, 1.82) is 0 Å². The second kappa shape index (κ2) is 7.36. The number of nitrogens with one attached hydrogen (secondary N) is 1. The maximum absolute atomic E-state index is 12.2. The molecule has 2 N–H and O–H groups in total. The maximum Gasteiger partial charge on any atom is 0.287 e. The van der Waals surface area contributed by atoms with Gasteiger partial charge in [-0.1, -0.05) is 0 Å². The van der Waals surface area contributed by atoms with Crippen LogP contribution < -0.4 is 5.32 Å². The Morgan fingerprint density at radius 2 is 1.96 bits per heavy atom. The highest BCUT2D eigenvalue weighted by Gasteiger charge is 2.17. The fourth-order valence-corrected chi connectivity index (χ4v) is 3.15. The van der Waals surface area contributed by atoms with Gasteiger partial charge in [-0.05, 0) is 69.0 Å². The molecule has 5 nitrogen and oxygen atoms in total. The standard InChI is InChI=1S/C19H26N2O3/c1-13-10-15-12-18(24-17(15)11-14(13)2)19(23)20-6-3-7-21-8-4-16(22)5-9-21/h10-12,16,22H,3-9H2,1-2H3,(H,20,23). The van der Waals surface area contributed by atoms with Gasteiger partial charge in [0.25, 0.3) is 5.91 Å². The number of hydrogen-bond acceptors (Lipinski definition) is 4. The summed E-state index contributed by atoms with van der Waals surface area (Å²) in [6.07, 6.45) is 2.47. The molecule has 1 fully saturated rings. The van der Waals surface area contributed by atoms with E-state index in [1.54, 1.807) is 0 Å². The van der Waals surface area contributed by atoms with E-state index in [1.807, 2.05) is 19.1 Å². The summed E-state index contributed by atoms with van der Waals surface area (Å²) in [5, 5.41) is 13.4. The number of aliphatic hydroxyl groups is 1. The van der Waals surface area contributed by atoms with Crippen molar-refractivity contribution in [3.8, 4) is 0 Å². The van der Waals surface area contributed by atoms with Gasteiger partial charge in [-0.2, -0.15) is 0 Å². The molecule has 1 aliphatic rings. The number of amides is 1. The molecule has 2 aromatic rings. The molecule has 1 aromatic heterocycles. The summed E-state index contributed by atoms with van der Waals surface area (Å²) in [4.78, 5) is 14.6. The summed E-state index contributed by atoms with van der Waals surface area (Å²) in [6, 6.07) is 5.84. The number of carbonyl (C=O) groups is 1. The van der Waals surface area contributed by atoms with Crippen molar-refractivity contribution in [3.05, 3.63) is 35.1 Å². The second-order valence-electron chi connectivity index (χ2n) is 6.77. The average Bonchev–Trinajstić information content (AvgIpc) is 2.96. The van der Waals surface area contributed by atoms with Crippen molar-refractivity contribution in [3.63, 3.8) is 0 Å². The van der Waals surface area contributed by atoms with Crippen LogP contribution in [0.2, 0.25) is 0 Å². The Kier molecular flexibility index (Phi) is 5.21. The van der Waals surface area contributed by atoms with E-state index in [4.69, 9.17) is 4.42 Å². The third-order valence-electron chi connectivity index (χ3n) is 4.85. The van der Waals surface area contributed by atoms with Gasteiger partial charge in [0.1, 0.15) is 5.58 Å². The first-order valence-corrected chi connectivity index (χ1v) is 8.72. The van der Waals surface area contributed by atoms with E-state index in [9.17, 15) is 9.90 Å². The zero-order valence-electron chi connectivity index (χ0n) is 14.5. The Morgan fingerprint density at radius 3 is 2.71 bits per heavy atom. The molecule has 1 amide bonds. The molecule has 2 heterocycles. The van der Waals surface area contributed by atoms with Crippen molar-refractivity contribution in [2.75, 3.05) is 26.2 Å². The van der Waals surface area contributed by atoms with E-state index in [0.29, 0.717) is 12.3 Å². The minimum absolute atomic E-state index is 0.138. The molecule has 0 bridgehead atoms. The van der Waals surface area contributed by atoms with Crippen molar-refractivity contribution in [2.45, 2.75) is 39.2 Å². The first-order chi connectivity index (χ1) is 11.5. The lowest BCUT2D eigenvalue weighted by atomic mass is 10.1. The molecule has 1 saturated heterocycles. The molecule has 1 aliphatic heterocycles. The molecule has 0 spiro atoms. The van der Waals surface area contributed by atoms with Crippen LogP contribution >= 0.6 is 0 Å². The summed E-state index contributed by atoms with van der Waals surface area (Å²) in [5.74, 6) is 0.215. The lowest BCUT2D eigenvalue weighted by molar-refractivity contribution is 0.0814. The summed E-state index contributed by atoms with van der Waals surface area (Å²) in [5.41, 5.74) is 3.12. The highest BCUT2D eigenvalue weighted by atomic mass is 16.3. The van der Waals surface area contributed by atoms with E-state index in [0.717, 1.165) is 55.4 Å². The zero-order valence-corrected chi connectivity index (χ0v) is 14.5. The first kappa shape index (κ1) is 17.0. The van der Waals surface area contributed by atoms with Crippen LogP contribution in [0.3, 0.4) is 0 Å². The summed E-state index contributed by atoms with van der Waals surface area (Å²) in [6.45, 7) is 7.56. The normalized spacial score (nSPS) is 16.6. The highest BCUT2D eigenvalue weighted by molar-refractivity contribution is 5.96. The van der Waals surface area contributed by atoms with Crippen molar-refractivity contribution in [1.82, 2.24) is 10.2 Å². The molecule has 0 saturated carbocycles. The third kappa shape index (κ3) is 3.97. The topological polar surface area (TPSA) is 65.7 Å². The Bertz CT molecular complexity index is 676. The van der Waals surface area contributed by atoms with Gasteiger partial charge in [0.2, 0.25) is 0 Å². The van der Waals surface area contributed by atoms with Gasteiger partial charge in [0.15, 0.2) is 5.76 Å². The molecule has 0 aliphatic carbocycles. The van der Waals surface area contributed by atoms with Gasteiger partial charge in [0.05, 0.1) is 6.10 Å². The number of carbonyl (C=O) groups excluding carboxylic acids is 1. The van der Waals surface area contributed by atoms with Crippen LogP contribution in [0, 0.1) is 13.8 Å². The van der Waals surface area contributed by atoms with E-state index < -0.39 is 0 Å². The molecular formula is C19H26N2O3. The van der Waals surface area contributed by atoms with Gasteiger partial charge in [-0.25, -0.2) is 0 Å².